The molecule has 2 heterocycles. The predicted octanol–water partition coefficient (Wildman–Crippen LogP) is 2.28. The van der Waals surface area contributed by atoms with Crippen molar-refractivity contribution in [1.82, 2.24) is 14.5 Å². The quantitative estimate of drug-likeness (QED) is 0.812. The number of carbonyl (C=O) groups excluding carboxylic acids is 2. The van der Waals surface area contributed by atoms with Crippen molar-refractivity contribution in [2.75, 3.05) is 13.7 Å². The second-order valence-electron chi connectivity index (χ2n) is 5.72. The lowest BCUT2D eigenvalue weighted by molar-refractivity contribution is -0.141. The van der Waals surface area contributed by atoms with Crippen LogP contribution in [0.15, 0.2) is 24.3 Å². The number of carbonyl (C=O) groups is 2. The molecule has 1 aromatic carbocycles. The van der Waals surface area contributed by atoms with Crippen LogP contribution in [0, 0.1) is 0 Å². The third kappa shape index (κ3) is 2.81. The molecule has 0 aliphatic carbocycles. The van der Waals surface area contributed by atoms with Crippen molar-refractivity contribution in [3.05, 3.63) is 30.1 Å². The van der Waals surface area contributed by atoms with Gasteiger partial charge >= 0.3 is 5.97 Å². The molecule has 0 saturated carbocycles. The minimum atomic E-state index is -0.319. The highest BCUT2D eigenvalue weighted by Gasteiger charge is 2.33. The van der Waals surface area contributed by atoms with E-state index in [1.54, 1.807) is 0 Å². The van der Waals surface area contributed by atoms with Crippen LogP contribution in [0.2, 0.25) is 0 Å². The Bertz CT molecular complexity index is 738. The van der Waals surface area contributed by atoms with Crippen molar-refractivity contribution in [2.45, 2.75) is 38.8 Å². The molecule has 0 unspecified atom stereocenters. The van der Waals surface area contributed by atoms with Crippen molar-refractivity contribution < 1.29 is 14.3 Å². The van der Waals surface area contributed by atoms with Gasteiger partial charge in [-0.25, -0.2) is 4.98 Å². The maximum Gasteiger partial charge on any atom is 0.325 e. The first-order valence-corrected chi connectivity index (χ1v) is 7.97. The van der Waals surface area contributed by atoms with E-state index < -0.39 is 0 Å². The number of aromatic nitrogens is 2. The van der Waals surface area contributed by atoms with Gasteiger partial charge in [0.05, 0.1) is 24.2 Å². The van der Waals surface area contributed by atoms with Crippen molar-refractivity contribution in [2.24, 2.45) is 0 Å². The molecular formula is C17H21N3O3. The summed E-state index contributed by atoms with van der Waals surface area (Å²) in [6.07, 6.45) is 2.31. The number of esters is 1. The van der Waals surface area contributed by atoms with Gasteiger partial charge in [-0.3, -0.25) is 9.59 Å². The highest BCUT2D eigenvalue weighted by molar-refractivity contribution is 5.80. The van der Waals surface area contributed by atoms with Crippen molar-refractivity contribution in [1.29, 1.82) is 0 Å². The molecule has 1 amide bonds. The first-order valence-electron chi connectivity index (χ1n) is 7.97. The van der Waals surface area contributed by atoms with Gasteiger partial charge in [-0.2, -0.15) is 0 Å². The van der Waals surface area contributed by atoms with Crippen molar-refractivity contribution in [3.63, 3.8) is 0 Å². The summed E-state index contributed by atoms with van der Waals surface area (Å²) in [4.78, 5) is 30.6. The Morgan fingerprint density at radius 1 is 1.35 bits per heavy atom. The lowest BCUT2D eigenvalue weighted by atomic mass is 10.2. The number of imidazole rings is 1. The number of likely N-dealkylation sites (tertiary alicyclic amines) is 1. The normalized spacial score (nSPS) is 17.7. The fourth-order valence-electron chi connectivity index (χ4n) is 3.25. The summed E-state index contributed by atoms with van der Waals surface area (Å²) in [5.74, 6) is 0.584. The van der Waals surface area contributed by atoms with Gasteiger partial charge in [0, 0.05) is 13.0 Å². The summed E-state index contributed by atoms with van der Waals surface area (Å²) in [5, 5.41) is 0. The van der Waals surface area contributed by atoms with Crippen LogP contribution in [0.25, 0.3) is 11.0 Å². The van der Waals surface area contributed by atoms with Crippen LogP contribution in [0.4, 0.5) is 0 Å². The van der Waals surface area contributed by atoms with E-state index in [9.17, 15) is 9.59 Å². The largest absolute Gasteiger partial charge is 0.468 e. The lowest BCUT2D eigenvalue weighted by Gasteiger charge is -2.24. The summed E-state index contributed by atoms with van der Waals surface area (Å²) in [6, 6.07) is 7.64. The van der Waals surface area contributed by atoms with E-state index in [1.807, 2.05) is 40.7 Å². The molecule has 0 N–H and O–H groups in total. The second-order valence-corrected chi connectivity index (χ2v) is 5.72. The molecule has 1 saturated heterocycles. The minimum Gasteiger partial charge on any atom is -0.468 e. The zero-order valence-corrected chi connectivity index (χ0v) is 13.5. The maximum atomic E-state index is 12.2. The molecule has 1 aromatic heterocycles. The Kier molecular flexibility index (Phi) is 4.32. The average Bonchev–Trinajstić information content (AvgIpc) is 3.19. The van der Waals surface area contributed by atoms with E-state index in [0.29, 0.717) is 6.42 Å². The molecule has 0 bridgehead atoms. The third-order valence-corrected chi connectivity index (χ3v) is 4.37. The summed E-state index contributed by atoms with van der Waals surface area (Å²) in [7, 11) is 1.38. The molecule has 1 aliphatic heterocycles. The molecule has 2 aromatic rings. The number of para-hydroxylation sites is 2. The number of benzene rings is 1. The highest BCUT2D eigenvalue weighted by Crippen LogP contribution is 2.33. The average molecular weight is 315 g/mol. The van der Waals surface area contributed by atoms with Crippen LogP contribution >= 0.6 is 0 Å². The van der Waals surface area contributed by atoms with Crippen molar-refractivity contribution >= 4 is 22.9 Å². The van der Waals surface area contributed by atoms with Crippen LogP contribution in [-0.2, 0) is 20.9 Å². The van der Waals surface area contributed by atoms with Gasteiger partial charge in [0.25, 0.3) is 0 Å². The van der Waals surface area contributed by atoms with E-state index in [1.165, 1.54) is 7.11 Å². The number of rotatable bonds is 4. The van der Waals surface area contributed by atoms with Crippen LogP contribution in [0.5, 0.6) is 0 Å². The summed E-state index contributed by atoms with van der Waals surface area (Å²) < 4.78 is 6.70. The van der Waals surface area contributed by atoms with E-state index in [4.69, 9.17) is 9.72 Å². The molecule has 6 heteroatoms. The van der Waals surface area contributed by atoms with Gasteiger partial charge in [-0.15, -0.1) is 0 Å². The summed E-state index contributed by atoms with van der Waals surface area (Å²) in [5.41, 5.74) is 1.73. The topological polar surface area (TPSA) is 64.4 Å². The number of hydrogen-bond acceptors (Lipinski definition) is 4. The molecule has 1 fully saturated rings. The van der Waals surface area contributed by atoms with Gasteiger partial charge in [-0.05, 0) is 25.0 Å². The standard InChI is InChI=1S/C17H21N3O3/c1-3-15(21)19-10-6-9-14(19)17-18-12-7-4-5-8-13(12)20(17)11-16(22)23-2/h4-5,7-8,14H,3,6,9-11H2,1-2H3/t14-/m0/s1. The molecule has 1 aliphatic rings. The van der Waals surface area contributed by atoms with Gasteiger partial charge in [0.1, 0.15) is 12.4 Å². The number of hydrogen-bond donors (Lipinski definition) is 0. The van der Waals surface area contributed by atoms with E-state index in [0.717, 1.165) is 36.2 Å². The Hall–Kier alpha value is -2.37. The molecular weight excluding hydrogens is 294 g/mol. The van der Waals surface area contributed by atoms with Gasteiger partial charge in [0.15, 0.2) is 0 Å². The fourth-order valence-corrected chi connectivity index (χ4v) is 3.25. The zero-order chi connectivity index (χ0) is 16.4. The molecule has 1 atom stereocenters. The number of amides is 1. The van der Waals surface area contributed by atoms with E-state index in [-0.39, 0.29) is 24.5 Å². The van der Waals surface area contributed by atoms with Gasteiger partial charge in [0.2, 0.25) is 5.91 Å². The number of ether oxygens (including phenoxy) is 1. The first kappa shape index (κ1) is 15.5. The molecule has 0 radical (unpaired) electrons. The van der Waals surface area contributed by atoms with Crippen LogP contribution in [0.3, 0.4) is 0 Å². The zero-order valence-electron chi connectivity index (χ0n) is 13.5. The second kappa shape index (κ2) is 6.40. The van der Waals surface area contributed by atoms with Gasteiger partial charge in [-0.1, -0.05) is 19.1 Å². The Morgan fingerprint density at radius 2 is 2.13 bits per heavy atom. The smallest absolute Gasteiger partial charge is 0.325 e. The monoisotopic (exact) mass is 315 g/mol. The molecule has 6 nitrogen and oxygen atoms in total. The molecule has 23 heavy (non-hydrogen) atoms. The van der Waals surface area contributed by atoms with Crippen LogP contribution < -0.4 is 0 Å². The van der Waals surface area contributed by atoms with Gasteiger partial charge < -0.3 is 14.2 Å². The first-order chi connectivity index (χ1) is 11.2. The lowest BCUT2D eigenvalue weighted by Crippen LogP contribution is -2.31. The molecule has 122 valence electrons. The predicted molar refractivity (Wildman–Crippen MR) is 85.7 cm³/mol. The Balaban J connectivity index is 2.07. The van der Waals surface area contributed by atoms with E-state index in [2.05, 4.69) is 0 Å². The maximum absolute atomic E-state index is 12.2. The van der Waals surface area contributed by atoms with Crippen molar-refractivity contribution in [3.8, 4) is 0 Å². The minimum absolute atomic E-state index is 0.0699. The summed E-state index contributed by atoms with van der Waals surface area (Å²) in [6.45, 7) is 2.73. The highest BCUT2D eigenvalue weighted by atomic mass is 16.5. The van der Waals surface area contributed by atoms with Crippen LogP contribution in [0.1, 0.15) is 38.1 Å². The van der Waals surface area contributed by atoms with E-state index >= 15 is 0 Å². The number of nitrogens with zero attached hydrogens (tertiary/aromatic N) is 3. The van der Waals surface area contributed by atoms with Crippen LogP contribution in [-0.4, -0.2) is 40.0 Å². The summed E-state index contributed by atoms with van der Waals surface area (Å²) >= 11 is 0. The third-order valence-electron chi connectivity index (χ3n) is 4.37. The molecule has 3 rings (SSSR count). The number of methoxy groups -OCH3 is 1. The Labute approximate surface area is 135 Å². The molecule has 0 spiro atoms. The fraction of sp³-hybridized carbons (Fsp3) is 0.471. The Morgan fingerprint density at radius 3 is 2.87 bits per heavy atom. The SMILES string of the molecule is CCC(=O)N1CCC[C@H]1c1nc2ccccc2n1CC(=O)OC. The number of fused-ring (bicyclic) bond motifs is 1.